The molecule has 0 saturated carbocycles. The molecule has 1 aromatic carbocycles. The molecule has 1 aliphatic carbocycles. The average molecular weight is 340 g/mol. The van der Waals surface area contributed by atoms with Crippen molar-refractivity contribution in [2.45, 2.75) is 39.2 Å². The van der Waals surface area contributed by atoms with E-state index in [4.69, 9.17) is 0 Å². The van der Waals surface area contributed by atoms with E-state index in [1.165, 1.54) is 11.6 Å². The Balaban J connectivity index is 1.73. The van der Waals surface area contributed by atoms with Crippen LogP contribution in [0.25, 0.3) is 0 Å². The topological polar surface area (TPSA) is 93.1 Å². The Kier molecular flexibility index (Phi) is 4.65. The number of carbonyl (C=O) groups excluding carboxylic acids is 2. The van der Waals surface area contributed by atoms with Gasteiger partial charge in [-0.05, 0) is 56.0 Å². The molecule has 2 N–H and O–H groups in total. The number of amides is 2. The zero-order valence-electron chi connectivity index (χ0n) is 14.2. The molecule has 2 amide bonds. The summed E-state index contributed by atoms with van der Waals surface area (Å²) < 4.78 is 1.24. The standard InChI is InChI=1S/C18H20N4O3/c1-11(22-17(24)10-13-4-3-5-16(13)21-22)18(25)20-15-8-6-14(7-9-15)19-12(2)23/h6-11H,3-5H2,1-2H3,(H,19,23)(H,20,25). The van der Waals surface area contributed by atoms with Gasteiger partial charge in [-0.25, -0.2) is 4.68 Å². The molecule has 7 nitrogen and oxygen atoms in total. The molecule has 0 spiro atoms. The lowest BCUT2D eigenvalue weighted by Gasteiger charge is -2.15. The van der Waals surface area contributed by atoms with Crippen LogP contribution in [0.3, 0.4) is 0 Å². The van der Waals surface area contributed by atoms with Gasteiger partial charge < -0.3 is 10.6 Å². The number of fused-ring (bicyclic) bond motifs is 1. The lowest BCUT2D eigenvalue weighted by molar-refractivity contribution is -0.119. The second-order valence-corrected chi connectivity index (χ2v) is 6.18. The first-order chi connectivity index (χ1) is 11.9. The van der Waals surface area contributed by atoms with Crippen LogP contribution in [0, 0.1) is 0 Å². The molecule has 0 aliphatic heterocycles. The van der Waals surface area contributed by atoms with Crippen LogP contribution in [-0.2, 0) is 22.4 Å². The number of aryl methyl sites for hydroxylation is 2. The maximum Gasteiger partial charge on any atom is 0.267 e. The number of nitrogens with zero attached hydrogens (tertiary/aromatic N) is 2. The van der Waals surface area contributed by atoms with Crippen LogP contribution in [0.1, 0.15) is 37.6 Å². The third-order valence-electron chi connectivity index (χ3n) is 4.20. The highest BCUT2D eigenvalue weighted by atomic mass is 16.2. The highest BCUT2D eigenvalue weighted by Crippen LogP contribution is 2.19. The highest BCUT2D eigenvalue weighted by Gasteiger charge is 2.21. The van der Waals surface area contributed by atoms with E-state index in [1.54, 1.807) is 37.3 Å². The molecular weight excluding hydrogens is 320 g/mol. The van der Waals surface area contributed by atoms with Gasteiger partial charge in [0.2, 0.25) is 11.8 Å². The summed E-state index contributed by atoms with van der Waals surface area (Å²) in [7, 11) is 0. The molecule has 0 fully saturated rings. The predicted octanol–water partition coefficient (Wildman–Crippen LogP) is 1.89. The van der Waals surface area contributed by atoms with Crippen molar-refractivity contribution in [3.8, 4) is 0 Å². The monoisotopic (exact) mass is 340 g/mol. The lowest BCUT2D eigenvalue weighted by atomic mass is 10.2. The Labute approximate surface area is 145 Å². The molecule has 0 radical (unpaired) electrons. The predicted molar refractivity (Wildman–Crippen MR) is 94.6 cm³/mol. The summed E-state index contributed by atoms with van der Waals surface area (Å²) in [4.78, 5) is 35.7. The molecule has 130 valence electrons. The van der Waals surface area contributed by atoms with Gasteiger partial charge in [-0.1, -0.05) is 0 Å². The average Bonchev–Trinajstić information content (AvgIpc) is 3.01. The Hall–Kier alpha value is -2.96. The number of nitrogens with one attached hydrogen (secondary N) is 2. The number of carbonyl (C=O) groups is 2. The quantitative estimate of drug-likeness (QED) is 0.889. The first-order valence-corrected chi connectivity index (χ1v) is 8.24. The van der Waals surface area contributed by atoms with Crippen molar-refractivity contribution in [2.24, 2.45) is 0 Å². The first-order valence-electron chi connectivity index (χ1n) is 8.24. The molecule has 7 heteroatoms. The van der Waals surface area contributed by atoms with Crippen molar-refractivity contribution in [1.29, 1.82) is 0 Å². The molecule has 0 bridgehead atoms. The summed E-state index contributed by atoms with van der Waals surface area (Å²) in [5, 5.41) is 9.78. The highest BCUT2D eigenvalue weighted by molar-refractivity contribution is 5.94. The van der Waals surface area contributed by atoms with E-state index in [1.807, 2.05) is 0 Å². The number of rotatable bonds is 4. The fourth-order valence-corrected chi connectivity index (χ4v) is 2.89. The second-order valence-electron chi connectivity index (χ2n) is 6.18. The minimum absolute atomic E-state index is 0.160. The van der Waals surface area contributed by atoms with Gasteiger partial charge in [0.1, 0.15) is 6.04 Å². The maximum atomic E-state index is 12.4. The second kappa shape index (κ2) is 6.88. The summed E-state index contributed by atoms with van der Waals surface area (Å²) in [6.45, 7) is 3.08. The van der Waals surface area contributed by atoms with Crippen LogP contribution in [0.15, 0.2) is 35.1 Å². The Morgan fingerprint density at radius 3 is 2.40 bits per heavy atom. The van der Waals surface area contributed by atoms with Gasteiger partial charge in [-0.2, -0.15) is 5.10 Å². The third-order valence-corrected chi connectivity index (χ3v) is 4.20. The number of benzene rings is 1. The SMILES string of the molecule is CC(=O)Nc1ccc(NC(=O)C(C)n2nc3c(cc2=O)CCC3)cc1. The normalized spacial score (nSPS) is 13.8. The minimum atomic E-state index is -0.714. The van der Waals surface area contributed by atoms with Gasteiger partial charge in [0, 0.05) is 24.4 Å². The molecule has 1 unspecified atom stereocenters. The van der Waals surface area contributed by atoms with Gasteiger partial charge in [0.05, 0.1) is 5.69 Å². The van der Waals surface area contributed by atoms with Gasteiger partial charge in [-0.3, -0.25) is 14.4 Å². The van der Waals surface area contributed by atoms with Crippen LogP contribution in [0.2, 0.25) is 0 Å². The maximum absolute atomic E-state index is 12.4. The van der Waals surface area contributed by atoms with Crippen molar-refractivity contribution in [2.75, 3.05) is 10.6 Å². The van der Waals surface area contributed by atoms with Crippen molar-refractivity contribution in [1.82, 2.24) is 9.78 Å². The molecule has 1 aliphatic rings. The van der Waals surface area contributed by atoms with Gasteiger partial charge in [0.25, 0.3) is 5.56 Å². The molecule has 1 aromatic heterocycles. The van der Waals surface area contributed by atoms with Crippen LogP contribution in [0.4, 0.5) is 11.4 Å². The largest absolute Gasteiger partial charge is 0.326 e. The number of aromatic nitrogens is 2. The van der Waals surface area contributed by atoms with Crippen LogP contribution in [0.5, 0.6) is 0 Å². The van der Waals surface area contributed by atoms with E-state index in [9.17, 15) is 14.4 Å². The van der Waals surface area contributed by atoms with Crippen molar-refractivity contribution in [3.05, 3.63) is 51.9 Å². The molecule has 1 heterocycles. The van der Waals surface area contributed by atoms with Gasteiger partial charge >= 0.3 is 0 Å². The van der Waals surface area contributed by atoms with E-state index in [0.29, 0.717) is 11.4 Å². The number of hydrogen-bond acceptors (Lipinski definition) is 4. The fraction of sp³-hybridized carbons (Fsp3) is 0.333. The Bertz CT molecular complexity index is 871. The van der Waals surface area contributed by atoms with E-state index in [-0.39, 0.29) is 17.4 Å². The molecule has 1 atom stereocenters. The summed E-state index contributed by atoms with van der Waals surface area (Å²) >= 11 is 0. The van der Waals surface area contributed by atoms with Gasteiger partial charge in [0.15, 0.2) is 0 Å². The lowest BCUT2D eigenvalue weighted by Crippen LogP contribution is -2.33. The fourth-order valence-electron chi connectivity index (χ4n) is 2.89. The van der Waals surface area contributed by atoms with E-state index in [2.05, 4.69) is 15.7 Å². The van der Waals surface area contributed by atoms with Gasteiger partial charge in [-0.15, -0.1) is 0 Å². The molecule has 25 heavy (non-hydrogen) atoms. The number of anilines is 2. The smallest absolute Gasteiger partial charge is 0.267 e. The Morgan fingerprint density at radius 2 is 1.76 bits per heavy atom. The zero-order valence-corrected chi connectivity index (χ0v) is 14.2. The first kappa shape index (κ1) is 16.9. The summed E-state index contributed by atoms with van der Waals surface area (Å²) in [6, 6.07) is 7.64. The van der Waals surface area contributed by atoms with E-state index < -0.39 is 6.04 Å². The number of hydrogen-bond donors (Lipinski definition) is 2. The van der Waals surface area contributed by atoms with Crippen molar-refractivity contribution < 1.29 is 9.59 Å². The van der Waals surface area contributed by atoms with Crippen LogP contribution in [-0.4, -0.2) is 21.6 Å². The molecule has 0 saturated heterocycles. The summed E-state index contributed by atoms with van der Waals surface area (Å²) in [5.41, 5.74) is 2.86. The minimum Gasteiger partial charge on any atom is -0.326 e. The van der Waals surface area contributed by atoms with Crippen molar-refractivity contribution >= 4 is 23.2 Å². The summed E-state index contributed by atoms with van der Waals surface area (Å²) in [5.74, 6) is -0.479. The zero-order chi connectivity index (χ0) is 18.0. The van der Waals surface area contributed by atoms with E-state index >= 15 is 0 Å². The van der Waals surface area contributed by atoms with Crippen molar-refractivity contribution in [3.63, 3.8) is 0 Å². The summed E-state index contributed by atoms with van der Waals surface area (Å²) in [6.07, 6.45) is 2.71. The molecule has 3 rings (SSSR count). The molecule has 2 aromatic rings. The third kappa shape index (κ3) is 3.76. The van der Waals surface area contributed by atoms with Crippen LogP contribution >= 0.6 is 0 Å². The Morgan fingerprint density at radius 1 is 1.12 bits per heavy atom. The molecular formula is C18H20N4O3. The van der Waals surface area contributed by atoms with Crippen LogP contribution < -0.4 is 16.2 Å². The van der Waals surface area contributed by atoms with E-state index in [0.717, 1.165) is 30.5 Å².